The lowest BCUT2D eigenvalue weighted by molar-refractivity contribution is -0.150. The zero-order chi connectivity index (χ0) is 27.4. The molecule has 4 atom stereocenters. The van der Waals surface area contributed by atoms with E-state index in [1.165, 1.54) is 56.0 Å². The van der Waals surface area contributed by atoms with Gasteiger partial charge in [-0.15, -0.1) is 0 Å². The van der Waals surface area contributed by atoms with Crippen LogP contribution in [0.15, 0.2) is 24.3 Å². The molecule has 7 heteroatoms. The Bertz CT molecular complexity index is 1240. The lowest BCUT2D eigenvalue weighted by Gasteiger charge is -2.35. The summed E-state index contributed by atoms with van der Waals surface area (Å²) in [7, 11) is 0. The number of likely N-dealkylation sites (tertiary alicyclic amines) is 2. The van der Waals surface area contributed by atoms with Gasteiger partial charge in [0, 0.05) is 44.3 Å². The van der Waals surface area contributed by atoms with Crippen LogP contribution in [0.1, 0.15) is 86.2 Å². The van der Waals surface area contributed by atoms with E-state index in [1.54, 1.807) is 11.6 Å². The lowest BCUT2D eigenvalue weighted by Crippen LogP contribution is -2.42. The molecule has 6 nitrogen and oxygen atoms in total. The number of piperidine rings is 1. The van der Waals surface area contributed by atoms with Crippen molar-refractivity contribution in [2.24, 2.45) is 23.2 Å². The lowest BCUT2D eigenvalue weighted by atomic mass is 9.82. The summed E-state index contributed by atoms with van der Waals surface area (Å²) in [5, 5.41) is 15.2. The minimum atomic E-state index is -0.610. The predicted octanol–water partition coefficient (Wildman–Crippen LogP) is 5.32. The highest BCUT2D eigenvalue weighted by Crippen LogP contribution is 2.60. The summed E-state index contributed by atoms with van der Waals surface area (Å²) in [5.74, 6) is 1.71. The smallest absolute Gasteiger partial charge is 0.310 e. The van der Waals surface area contributed by atoms with Crippen LogP contribution in [0.3, 0.4) is 0 Å². The maximum absolute atomic E-state index is 14.3. The van der Waals surface area contributed by atoms with Gasteiger partial charge in [0.25, 0.3) is 0 Å². The molecule has 2 saturated carbocycles. The van der Waals surface area contributed by atoms with E-state index < -0.39 is 11.4 Å². The van der Waals surface area contributed by atoms with Crippen LogP contribution in [0.2, 0.25) is 0 Å². The van der Waals surface area contributed by atoms with Gasteiger partial charge < -0.3 is 14.9 Å². The van der Waals surface area contributed by atoms with E-state index in [2.05, 4.69) is 27.5 Å². The zero-order valence-electron chi connectivity index (χ0n) is 24.0. The second kappa shape index (κ2) is 10.5. The van der Waals surface area contributed by atoms with Gasteiger partial charge in [0.15, 0.2) is 0 Å². The number of aromatic nitrogens is 2. The number of aryl methyl sites for hydroxylation is 2. The number of halogens is 1. The van der Waals surface area contributed by atoms with Crippen molar-refractivity contribution in [2.75, 3.05) is 39.3 Å². The highest BCUT2D eigenvalue weighted by Gasteiger charge is 2.58. The Balaban J connectivity index is 1.05. The summed E-state index contributed by atoms with van der Waals surface area (Å²) in [5.41, 5.74) is 4.89. The van der Waals surface area contributed by atoms with Gasteiger partial charge in [-0.1, -0.05) is 19.1 Å². The fourth-order valence-corrected chi connectivity index (χ4v) is 9.12. The first-order chi connectivity index (χ1) is 19.4. The summed E-state index contributed by atoms with van der Waals surface area (Å²) in [6.45, 7) is 8.88. The van der Waals surface area contributed by atoms with Crippen LogP contribution in [0, 0.1) is 29.0 Å². The maximum atomic E-state index is 14.3. The standard InChI is InChI=1S/C33H45FN4O2/c1-2-29-31(30-8-3-4-11-38(30)35-29)22-9-12-36(13-10-22)18-26-19-37(20-28(26)23-6-5-7-27(34)15-23)21-33(32(39)40)16-24-14-25(24)17-33/h5-7,15,22,24-26,28H,2-4,8-14,16-21H2,1H3,(H,39,40)/t24-,25-,26-,28-/m1/s1. The van der Waals surface area contributed by atoms with Crippen LogP contribution in [0.25, 0.3) is 0 Å². The van der Waals surface area contributed by atoms with Crippen molar-refractivity contribution in [3.05, 3.63) is 52.6 Å². The zero-order valence-corrected chi connectivity index (χ0v) is 24.0. The number of aliphatic carboxylic acids is 1. The summed E-state index contributed by atoms with van der Waals surface area (Å²) in [6, 6.07) is 7.14. The van der Waals surface area contributed by atoms with E-state index in [0.717, 1.165) is 64.1 Å². The van der Waals surface area contributed by atoms with Gasteiger partial charge in [0.1, 0.15) is 5.82 Å². The molecule has 2 saturated heterocycles. The Labute approximate surface area is 237 Å². The Morgan fingerprint density at radius 2 is 1.90 bits per heavy atom. The Morgan fingerprint density at radius 1 is 1.10 bits per heavy atom. The molecule has 216 valence electrons. The van der Waals surface area contributed by atoms with Gasteiger partial charge in [0.05, 0.1) is 11.1 Å². The molecule has 0 spiro atoms. The molecule has 5 aliphatic rings. The van der Waals surface area contributed by atoms with Crippen molar-refractivity contribution in [3.63, 3.8) is 0 Å². The number of rotatable bonds is 8. The quantitative estimate of drug-likeness (QED) is 0.484. The normalized spacial score (nSPS) is 30.4. The number of nitrogens with zero attached hydrogens (tertiary/aromatic N) is 4. The first kappa shape index (κ1) is 26.6. The highest BCUT2D eigenvalue weighted by molar-refractivity contribution is 5.76. The fraction of sp³-hybridized carbons (Fsp3) is 0.697. The van der Waals surface area contributed by atoms with Crippen LogP contribution < -0.4 is 0 Å². The van der Waals surface area contributed by atoms with Crippen molar-refractivity contribution < 1.29 is 14.3 Å². The molecule has 4 fully saturated rings. The number of hydrogen-bond donors (Lipinski definition) is 1. The van der Waals surface area contributed by atoms with E-state index in [0.29, 0.717) is 30.2 Å². The number of carboxylic acids is 1. The van der Waals surface area contributed by atoms with Crippen LogP contribution >= 0.6 is 0 Å². The van der Waals surface area contributed by atoms with E-state index in [1.807, 2.05) is 6.07 Å². The number of fused-ring (bicyclic) bond motifs is 2. The van der Waals surface area contributed by atoms with E-state index >= 15 is 0 Å². The minimum absolute atomic E-state index is 0.176. The van der Waals surface area contributed by atoms with Gasteiger partial charge in [0.2, 0.25) is 0 Å². The maximum Gasteiger partial charge on any atom is 0.310 e. The van der Waals surface area contributed by atoms with Gasteiger partial charge in [-0.05, 0) is 118 Å². The molecule has 1 aromatic heterocycles. The number of hydrogen-bond acceptors (Lipinski definition) is 4. The van der Waals surface area contributed by atoms with Gasteiger partial charge in [-0.25, -0.2) is 4.39 Å². The Hall–Kier alpha value is -2.25. The third kappa shape index (κ3) is 4.91. The first-order valence-electron chi connectivity index (χ1n) is 15.9. The average Bonchev–Trinajstić information content (AvgIpc) is 3.27. The average molecular weight is 549 g/mol. The number of benzene rings is 1. The second-order valence-electron chi connectivity index (χ2n) is 13.8. The third-order valence-corrected chi connectivity index (χ3v) is 11.2. The molecule has 2 aliphatic carbocycles. The molecule has 7 rings (SSSR count). The third-order valence-electron chi connectivity index (χ3n) is 11.2. The minimum Gasteiger partial charge on any atom is -0.481 e. The monoisotopic (exact) mass is 548 g/mol. The topological polar surface area (TPSA) is 61.6 Å². The van der Waals surface area contributed by atoms with Gasteiger partial charge >= 0.3 is 5.97 Å². The largest absolute Gasteiger partial charge is 0.481 e. The first-order valence-corrected chi connectivity index (χ1v) is 15.9. The molecule has 4 heterocycles. The Morgan fingerprint density at radius 3 is 2.62 bits per heavy atom. The second-order valence-corrected chi connectivity index (χ2v) is 13.8. The number of carbonyl (C=O) groups is 1. The molecule has 2 aromatic rings. The van der Waals surface area contributed by atoms with E-state index in [-0.39, 0.29) is 11.7 Å². The molecular formula is C33H45FN4O2. The van der Waals surface area contributed by atoms with Crippen LogP contribution in [0.4, 0.5) is 4.39 Å². The predicted molar refractivity (Wildman–Crippen MR) is 153 cm³/mol. The van der Waals surface area contributed by atoms with Crippen LogP contribution in [-0.2, 0) is 24.2 Å². The van der Waals surface area contributed by atoms with Crippen molar-refractivity contribution in [3.8, 4) is 0 Å². The van der Waals surface area contributed by atoms with Crippen molar-refractivity contribution in [1.82, 2.24) is 19.6 Å². The van der Waals surface area contributed by atoms with Crippen molar-refractivity contribution >= 4 is 5.97 Å². The van der Waals surface area contributed by atoms with E-state index in [9.17, 15) is 14.3 Å². The molecule has 1 N–H and O–H groups in total. The summed E-state index contributed by atoms with van der Waals surface area (Å²) in [4.78, 5) is 17.5. The molecule has 1 aromatic carbocycles. The molecule has 0 radical (unpaired) electrons. The van der Waals surface area contributed by atoms with Gasteiger partial charge in [-0.3, -0.25) is 9.48 Å². The Kier molecular flexibility index (Phi) is 7.02. The molecule has 3 aliphatic heterocycles. The van der Waals surface area contributed by atoms with Crippen LogP contribution in [-0.4, -0.2) is 69.9 Å². The summed E-state index contributed by atoms with van der Waals surface area (Å²) >= 11 is 0. The molecule has 0 unspecified atom stereocenters. The van der Waals surface area contributed by atoms with Crippen molar-refractivity contribution in [2.45, 2.75) is 83.1 Å². The molecular weight excluding hydrogens is 503 g/mol. The summed E-state index contributed by atoms with van der Waals surface area (Å²) < 4.78 is 16.6. The van der Waals surface area contributed by atoms with Crippen LogP contribution in [0.5, 0.6) is 0 Å². The summed E-state index contributed by atoms with van der Waals surface area (Å²) in [6.07, 6.45) is 9.98. The van der Waals surface area contributed by atoms with E-state index in [4.69, 9.17) is 5.10 Å². The number of carboxylic acid groups (broad SMARTS) is 1. The molecule has 40 heavy (non-hydrogen) atoms. The molecule has 0 amide bonds. The SMILES string of the molecule is CCc1nn2c(c1C1CCN(C[C@@H]3CN(CC4(C(=O)O)C[C@H]5C[C@@H]5C4)C[C@@H]3c3cccc(F)c3)CC1)CCCC2. The fourth-order valence-electron chi connectivity index (χ4n) is 9.12. The highest BCUT2D eigenvalue weighted by atomic mass is 19.1. The van der Waals surface area contributed by atoms with Crippen molar-refractivity contribution in [1.29, 1.82) is 0 Å². The van der Waals surface area contributed by atoms with Gasteiger partial charge in [-0.2, -0.15) is 5.10 Å². The molecule has 0 bridgehead atoms.